The molecule has 172 valence electrons. The zero-order chi connectivity index (χ0) is 22.2. The molecule has 0 amide bonds. The summed E-state index contributed by atoms with van der Waals surface area (Å²) in [4.78, 5) is 11.9. The van der Waals surface area contributed by atoms with Crippen LogP contribution in [0, 0.1) is 5.41 Å². The van der Waals surface area contributed by atoms with Gasteiger partial charge in [0.1, 0.15) is 0 Å². The number of hydrogen-bond acceptors (Lipinski definition) is 6. The number of nitrogens with zero attached hydrogens (tertiary/aromatic N) is 5. The van der Waals surface area contributed by atoms with Crippen LogP contribution in [0.25, 0.3) is 10.9 Å². The van der Waals surface area contributed by atoms with Crippen molar-refractivity contribution in [3.63, 3.8) is 0 Å². The molecule has 2 saturated heterocycles. The molecular weight excluding hydrogens is 436 g/mol. The van der Waals surface area contributed by atoms with Crippen LogP contribution in [-0.2, 0) is 4.74 Å². The molecule has 2 saturated carbocycles. The fraction of sp³-hybridized carbons (Fsp3) is 0.560. The minimum absolute atomic E-state index is 0.234. The number of rotatable bonds is 5. The molecular formula is C25H29ClN6O. The summed E-state index contributed by atoms with van der Waals surface area (Å²) in [7, 11) is 0. The Morgan fingerprint density at radius 1 is 1.15 bits per heavy atom. The Morgan fingerprint density at radius 3 is 2.67 bits per heavy atom. The molecule has 4 aliphatic rings. The summed E-state index contributed by atoms with van der Waals surface area (Å²) in [5, 5.41) is 9.82. The number of halogens is 1. The van der Waals surface area contributed by atoms with Crippen LogP contribution < -0.4 is 5.32 Å². The molecule has 4 fully saturated rings. The molecule has 1 N–H and O–H groups in total. The van der Waals surface area contributed by atoms with Gasteiger partial charge in [0.25, 0.3) is 0 Å². The average molecular weight is 465 g/mol. The summed E-state index contributed by atoms with van der Waals surface area (Å²) in [6.45, 7) is 6.20. The molecule has 7 nitrogen and oxygen atoms in total. The molecule has 0 radical (unpaired) electrons. The van der Waals surface area contributed by atoms with Crippen molar-refractivity contribution >= 4 is 34.1 Å². The van der Waals surface area contributed by atoms with Crippen molar-refractivity contribution in [2.24, 2.45) is 5.41 Å². The summed E-state index contributed by atoms with van der Waals surface area (Å²) in [5.41, 5.74) is 3.93. The first-order valence-corrected chi connectivity index (χ1v) is 12.5. The fourth-order valence-electron chi connectivity index (χ4n) is 5.88. The van der Waals surface area contributed by atoms with Gasteiger partial charge < -0.3 is 10.1 Å². The van der Waals surface area contributed by atoms with E-state index in [4.69, 9.17) is 21.3 Å². The zero-order valence-corrected chi connectivity index (χ0v) is 19.7. The van der Waals surface area contributed by atoms with E-state index in [0.29, 0.717) is 23.3 Å². The van der Waals surface area contributed by atoms with E-state index in [1.54, 1.807) is 0 Å². The second-order valence-corrected chi connectivity index (χ2v) is 11.2. The SMILES string of the molecule is CC1(N2CCC(n3cc(Nc4ncc5cc(Cl)c(C6CC67CC7)cc5n4)cn3)CC2)COC1. The van der Waals surface area contributed by atoms with Gasteiger partial charge in [0.05, 0.1) is 42.2 Å². The predicted molar refractivity (Wildman–Crippen MR) is 128 cm³/mol. The largest absolute Gasteiger partial charge is 0.377 e. The van der Waals surface area contributed by atoms with Crippen molar-refractivity contribution in [1.29, 1.82) is 0 Å². The molecule has 1 atom stereocenters. The monoisotopic (exact) mass is 464 g/mol. The number of benzene rings is 1. The fourth-order valence-corrected chi connectivity index (χ4v) is 6.18. The number of anilines is 2. The lowest BCUT2D eigenvalue weighted by molar-refractivity contribution is -0.137. The van der Waals surface area contributed by atoms with Crippen molar-refractivity contribution in [2.45, 2.75) is 56.5 Å². The highest BCUT2D eigenvalue weighted by molar-refractivity contribution is 6.32. The Morgan fingerprint density at radius 2 is 1.97 bits per heavy atom. The highest BCUT2D eigenvalue weighted by Crippen LogP contribution is 2.75. The van der Waals surface area contributed by atoms with Crippen LogP contribution in [0.5, 0.6) is 0 Å². The molecule has 2 aliphatic heterocycles. The molecule has 3 aromatic rings. The van der Waals surface area contributed by atoms with Crippen molar-refractivity contribution in [2.75, 3.05) is 31.6 Å². The summed E-state index contributed by atoms with van der Waals surface area (Å²) in [5.74, 6) is 1.21. The zero-order valence-electron chi connectivity index (χ0n) is 18.9. The molecule has 1 aromatic carbocycles. The number of fused-ring (bicyclic) bond motifs is 1. The highest BCUT2D eigenvalue weighted by atomic mass is 35.5. The van der Waals surface area contributed by atoms with Crippen molar-refractivity contribution in [3.05, 3.63) is 41.3 Å². The van der Waals surface area contributed by atoms with Gasteiger partial charge in [-0.05, 0) is 68.1 Å². The minimum atomic E-state index is 0.234. The maximum atomic E-state index is 6.59. The van der Waals surface area contributed by atoms with E-state index in [1.807, 2.05) is 18.5 Å². The topological polar surface area (TPSA) is 68.1 Å². The third-order valence-corrected chi connectivity index (χ3v) is 8.77. The van der Waals surface area contributed by atoms with Crippen molar-refractivity contribution < 1.29 is 4.74 Å². The van der Waals surface area contributed by atoms with Crippen LogP contribution in [-0.4, -0.2) is 56.5 Å². The van der Waals surface area contributed by atoms with Gasteiger partial charge in [-0.3, -0.25) is 9.58 Å². The van der Waals surface area contributed by atoms with Gasteiger partial charge in [0, 0.05) is 35.9 Å². The van der Waals surface area contributed by atoms with E-state index >= 15 is 0 Å². The van der Waals surface area contributed by atoms with Crippen molar-refractivity contribution in [1.82, 2.24) is 24.6 Å². The third kappa shape index (κ3) is 3.44. The van der Waals surface area contributed by atoms with Crippen LogP contribution in [0.3, 0.4) is 0 Å². The average Bonchev–Trinajstić information content (AvgIpc) is 3.69. The first kappa shape index (κ1) is 20.2. The van der Waals surface area contributed by atoms with E-state index in [9.17, 15) is 0 Å². The number of aromatic nitrogens is 4. The Kier molecular flexibility index (Phi) is 4.37. The predicted octanol–water partition coefficient (Wildman–Crippen LogP) is 4.92. The lowest BCUT2D eigenvalue weighted by atomic mass is 9.93. The van der Waals surface area contributed by atoms with E-state index < -0.39 is 0 Å². The third-order valence-electron chi connectivity index (χ3n) is 8.44. The summed E-state index contributed by atoms with van der Waals surface area (Å²) in [6.07, 6.45) is 12.0. The highest BCUT2D eigenvalue weighted by Gasteiger charge is 2.63. The van der Waals surface area contributed by atoms with E-state index in [2.05, 4.69) is 44.2 Å². The standard InChI is InChI=1S/C25H29ClN6O/c1-24(14-33-15-24)31-6-2-18(3-7-31)32-13-17(12-28-32)29-23-27-11-16-8-21(26)19(9-22(16)30-23)20-10-25(20)4-5-25/h8-9,11-13,18,20H,2-7,10,14-15H2,1H3,(H,27,29,30). The number of ether oxygens (including phenoxy) is 1. The Bertz CT molecular complexity index is 1220. The number of hydrogen-bond donors (Lipinski definition) is 1. The number of nitrogens with one attached hydrogen (secondary N) is 1. The van der Waals surface area contributed by atoms with E-state index in [0.717, 1.165) is 60.8 Å². The lowest BCUT2D eigenvalue weighted by Crippen LogP contribution is -2.61. The molecule has 1 spiro atoms. The van der Waals surface area contributed by atoms with Crippen LogP contribution in [0.4, 0.5) is 11.6 Å². The lowest BCUT2D eigenvalue weighted by Gasteiger charge is -2.49. The van der Waals surface area contributed by atoms with E-state index in [-0.39, 0.29) is 5.54 Å². The summed E-state index contributed by atoms with van der Waals surface area (Å²) >= 11 is 6.59. The van der Waals surface area contributed by atoms with Crippen LogP contribution in [0.15, 0.2) is 30.7 Å². The van der Waals surface area contributed by atoms with Crippen LogP contribution in [0.2, 0.25) is 5.02 Å². The second kappa shape index (κ2) is 7.14. The van der Waals surface area contributed by atoms with Gasteiger partial charge in [0.2, 0.25) is 5.95 Å². The summed E-state index contributed by atoms with van der Waals surface area (Å²) < 4.78 is 7.54. The van der Waals surface area contributed by atoms with Crippen LogP contribution in [0.1, 0.15) is 56.6 Å². The minimum Gasteiger partial charge on any atom is -0.377 e. The van der Waals surface area contributed by atoms with Crippen molar-refractivity contribution in [3.8, 4) is 0 Å². The molecule has 7 rings (SSSR count). The second-order valence-electron chi connectivity index (χ2n) is 10.8. The Balaban J connectivity index is 1.05. The Hall–Kier alpha value is -2.22. The molecule has 4 heterocycles. The van der Waals surface area contributed by atoms with E-state index in [1.165, 1.54) is 24.8 Å². The molecule has 2 aromatic heterocycles. The molecule has 8 heteroatoms. The maximum Gasteiger partial charge on any atom is 0.227 e. The maximum absolute atomic E-state index is 6.59. The normalized spacial score (nSPS) is 25.8. The molecule has 33 heavy (non-hydrogen) atoms. The quantitative estimate of drug-likeness (QED) is 0.578. The smallest absolute Gasteiger partial charge is 0.227 e. The first-order chi connectivity index (χ1) is 16.0. The van der Waals surface area contributed by atoms with Gasteiger partial charge >= 0.3 is 0 Å². The van der Waals surface area contributed by atoms with Gasteiger partial charge in [-0.2, -0.15) is 5.10 Å². The van der Waals surface area contributed by atoms with Gasteiger partial charge in [-0.15, -0.1) is 0 Å². The Labute approximate surface area is 198 Å². The first-order valence-electron chi connectivity index (χ1n) is 12.1. The van der Waals surface area contributed by atoms with Gasteiger partial charge in [-0.25, -0.2) is 9.97 Å². The summed E-state index contributed by atoms with van der Waals surface area (Å²) in [6, 6.07) is 4.62. The molecule has 2 aliphatic carbocycles. The van der Waals surface area contributed by atoms with Gasteiger partial charge in [0.15, 0.2) is 0 Å². The van der Waals surface area contributed by atoms with Crippen LogP contribution >= 0.6 is 11.6 Å². The number of piperidine rings is 1. The molecule has 0 bridgehead atoms. The van der Waals surface area contributed by atoms with Gasteiger partial charge in [-0.1, -0.05) is 11.6 Å². The number of likely N-dealkylation sites (tertiary alicyclic amines) is 1. The molecule has 1 unspecified atom stereocenters.